The van der Waals surface area contributed by atoms with E-state index in [0.717, 1.165) is 0 Å². The molecule has 0 saturated heterocycles. The number of ketones is 3. The summed E-state index contributed by atoms with van der Waals surface area (Å²) in [5.74, 6) is -0.804. The molecule has 6 heteroatoms. The van der Waals surface area contributed by atoms with Crippen molar-refractivity contribution >= 4 is 17.3 Å². The minimum absolute atomic E-state index is 0. The number of rotatable bonds is 6. The molecule has 3 nitrogen and oxygen atoms in total. The van der Waals surface area contributed by atoms with E-state index in [1.54, 1.807) is 72.8 Å². The van der Waals surface area contributed by atoms with Crippen molar-refractivity contribution in [2.75, 3.05) is 0 Å². The summed E-state index contributed by atoms with van der Waals surface area (Å²) in [5, 5.41) is 0. The van der Waals surface area contributed by atoms with E-state index in [2.05, 4.69) is 18.2 Å². The first-order chi connectivity index (χ1) is 14.6. The van der Waals surface area contributed by atoms with Gasteiger partial charge in [0.1, 0.15) is 0 Å². The number of carbonyl (C=O) groups excluding carboxylic acids is 3. The molecule has 0 radical (unpaired) electrons. The molecule has 0 spiro atoms. The fourth-order valence-electron chi connectivity index (χ4n) is 3.14. The van der Waals surface area contributed by atoms with Crippen molar-refractivity contribution in [3.05, 3.63) is 143 Å². The summed E-state index contributed by atoms with van der Waals surface area (Å²) in [7, 11) is 0. The SMILES string of the molecule is O=C(c1cc[c-]cc1)c1cc(C(=O)c2cc[c-]cc2)cc(C(=O)c2cc[c-]cc2)c1.[Rb+].[Rb+].[Rb+]. The van der Waals surface area contributed by atoms with Gasteiger partial charge in [0.15, 0.2) is 17.3 Å². The smallest absolute Gasteiger partial charge is 0.291 e. The Labute approximate surface area is 340 Å². The average molecular weight is 644 g/mol. The Morgan fingerprint density at radius 1 is 0.394 bits per heavy atom. The van der Waals surface area contributed by atoms with Gasteiger partial charge >= 0.3 is 175 Å². The fourth-order valence-corrected chi connectivity index (χ4v) is 3.14. The molecule has 4 aromatic rings. The predicted octanol–water partition coefficient (Wildman–Crippen LogP) is -4.21. The van der Waals surface area contributed by atoms with Gasteiger partial charge in [-0.05, 0) is 18.2 Å². The van der Waals surface area contributed by atoms with Gasteiger partial charge in [0.2, 0.25) is 0 Å². The Morgan fingerprint density at radius 3 is 0.818 bits per heavy atom. The normalized spacial score (nSPS) is 9.45. The third-order valence-corrected chi connectivity index (χ3v) is 4.66. The number of benzene rings is 4. The second-order valence-electron chi connectivity index (χ2n) is 6.65. The minimum Gasteiger partial charge on any atom is -0.291 e. The predicted molar refractivity (Wildman–Crippen MR) is 113 cm³/mol. The second kappa shape index (κ2) is 16.2. The number of hydrogen-bond donors (Lipinski definition) is 0. The molecule has 0 bridgehead atoms. The van der Waals surface area contributed by atoms with Gasteiger partial charge in [0.05, 0.1) is 0 Å². The van der Waals surface area contributed by atoms with E-state index in [-0.39, 0.29) is 209 Å². The Hall–Kier alpha value is 1.31. The molecule has 4 rings (SSSR count). The van der Waals surface area contributed by atoms with E-state index in [1.165, 1.54) is 18.2 Å². The van der Waals surface area contributed by atoms with Crippen LogP contribution in [0.15, 0.2) is 91.0 Å². The summed E-state index contributed by atoms with van der Waals surface area (Å²) < 4.78 is 0. The van der Waals surface area contributed by atoms with E-state index in [1.807, 2.05) is 0 Å². The molecule has 0 heterocycles. The molecule has 0 saturated carbocycles. The van der Waals surface area contributed by atoms with Crippen LogP contribution in [-0.4, -0.2) is 17.3 Å². The van der Waals surface area contributed by atoms with Crippen molar-refractivity contribution in [1.29, 1.82) is 0 Å². The maximum absolute atomic E-state index is 13.0. The molecule has 0 amide bonds. The molecule has 0 unspecified atom stereocenters. The van der Waals surface area contributed by atoms with Crippen LogP contribution in [0.2, 0.25) is 0 Å². The summed E-state index contributed by atoms with van der Waals surface area (Å²) >= 11 is 0. The Kier molecular flexibility index (Phi) is 15.9. The van der Waals surface area contributed by atoms with Crippen molar-refractivity contribution in [3.8, 4) is 0 Å². The van der Waals surface area contributed by atoms with Crippen molar-refractivity contribution in [3.63, 3.8) is 0 Å². The van der Waals surface area contributed by atoms with Crippen LogP contribution in [0.3, 0.4) is 0 Å². The van der Waals surface area contributed by atoms with Gasteiger partial charge in [-0.1, -0.05) is 16.7 Å². The fraction of sp³-hybridized carbons (Fsp3) is 0. The van der Waals surface area contributed by atoms with Gasteiger partial charge < -0.3 is 0 Å². The van der Waals surface area contributed by atoms with Gasteiger partial charge in [-0.15, -0.1) is 0 Å². The van der Waals surface area contributed by atoms with Crippen LogP contribution >= 0.6 is 0 Å². The zero-order valence-corrected chi connectivity index (χ0v) is 33.6. The summed E-state index contributed by atoms with van der Waals surface area (Å²) in [6, 6.07) is 33.0. The topological polar surface area (TPSA) is 51.2 Å². The Balaban J connectivity index is 0.00000181. The van der Waals surface area contributed by atoms with Crippen LogP contribution in [0.4, 0.5) is 0 Å². The van der Waals surface area contributed by atoms with Crippen molar-refractivity contribution in [1.82, 2.24) is 0 Å². The summed E-state index contributed by atoms with van der Waals surface area (Å²) in [6.45, 7) is 0. The van der Waals surface area contributed by atoms with E-state index < -0.39 is 0 Å². The molecule has 4 aromatic carbocycles. The zero-order chi connectivity index (χ0) is 20.9. The third-order valence-electron chi connectivity index (χ3n) is 4.66. The molecule has 0 aliphatic heterocycles. The van der Waals surface area contributed by atoms with Gasteiger partial charge in [0, 0.05) is 16.7 Å². The molecule has 0 fully saturated rings. The van der Waals surface area contributed by atoms with E-state index >= 15 is 0 Å². The first-order valence-corrected chi connectivity index (χ1v) is 9.31. The van der Waals surface area contributed by atoms with Crippen LogP contribution in [0.25, 0.3) is 0 Å². The maximum atomic E-state index is 13.0. The first-order valence-electron chi connectivity index (χ1n) is 9.31. The molecular weight excluding hydrogens is 629 g/mol. The average Bonchev–Trinajstić information content (AvgIpc) is 2.84. The van der Waals surface area contributed by atoms with E-state index in [0.29, 0.717) is 16.7 Å². The first kappa shape index (κ1) is 32.3. The zero-order valence-electron chi connectivity index (χ0n) is 18.9. The maximum Gasteiger partial charge on any atom is 1.00 e. The summed E-state index contributed by atoms with van der Waals surface area (Å²) in [6.07, 6.45) is 0. The van der Waals surface area contributed by atoms with Gasteiger partial charge in [-0.3, -0.25) is 14.4 Å². The summed E-state index contributed by atoms with van der Waals surface area (Å²) in [4.78, 5) is 39.1. The quantitative estimate of drug-likeness (QED) is 0.158. The molecule has 144 valence electrons. The van der Waals surface area contributed by atoms with Crippen molar-refractivity contribution < 1.29 is 189 Å². The Bertz CT molecular complexity index is 1060. The van der Waals surface area contributed by atoms with Crippen LogP contribution in [-0.2, 0) is 0 Å². The minimum atomic E-state index is -0.268. The molecule has 0 N–H and O–H groups in total. The molecular formula is C27H15O3Rb3. The molecule has 0 aromatic heterocycles. The molecule has 0 atom stereocenters. The number of carbonyl (C=O) groups is 3. The van der Waals surface area contributed by atoms with Gasteiger partial charge in [-0.2, -0.15) is 91.0 Å². The number of hydrogen-bond acceptors (Lipinski definition) is 3. The van der Waals surface area contributed by atoms with E-state index in [9.17, 15) is 14.4 Å². The van der Waals surface area contributed by atoms with Crippen molar-refractivity contribution in [2.45, 2.75) is 0 Å². The second-order valence-corrected chi connectivity index (χ2v) is 6.65. The molecule has 0 aliphatic carbocycles. The van der Waals surface area contributed by atoms with Gasteiger partial charge in [0.25, 0.3) is 0 Å². The summed E-state index contributed by atoms with van der Waals surface area (Å²) in [5.41, 5.74) is 2.21. The monoisotopic (exact) mass is 642 g/mol. The van der Waals surface area contributed by atoms with E-state index in [4.69, 9.17) is 0 Å². The Morgan fingerprint density at radius 2 is 0.606 bits per heavy atom. The van der Waals surface area contributed by atoms with Crippen molar-refractivity contribution in [2.24, 2.45) is 0 Å². The van der Waals surface area contributed by atoms with Crippen LogP contribution in [0.5, 0.6) is 0 Å². The standard InChI is InChI=1S/C27H15O3.3Rb/c28-25(19-10-4-1-5-11-19)22-16-23(26(29)20-12-6-2-7-13-20)18-24(17-22)27(30)21-14-8-3-9-15-21;;;/h4-18H;;;/q-3;3*+1. The van der Waals surface area contributed by atoms with Gasteiger partial charge in [-0.25, -0.2) is 0 Å². The largest absolute Gasteiger partial charge is 1.00 e. The van der Waals surface area contributed by atoms with Crippen LogP contribution in [0.1, 0.15) is 47.8 Å². The van der Waals surface area contributed by atoms with Crippen LogP contribution in [0, 0.1) is 18.2 Å². The third kappa shape index (κ3) is 8.68. The van der Waals surface area contributed by atoms with Crippen LogP contribution < -0.4 is 175 Å². The molecule has 0 aliphatic rings. The molecule has 33 heavy (non-hydrogen) atoms.